The molecule has 3 aromatic carbocycles. The number of anilines is 1. The van der Waals surface area contributed by atoms with Crippen molar-refractivity contribution in [1.29, 1.82) is 0 Å². The number of halogens is 1. The molecule has 5 aromatic rings. The zero-order valence-electron chi connectivity index (χ0n) is 21.8. The maximum Gasteiger partial charge on any atom is 0.267 e. The lowest BCUT2D eigenvalue weighted by Gasteiger charge is -2.16. The number of hydrogen-bond donors (Lipinski definition) is 1. The molecule has 0 aliphatic heterocycles. The van der Waals surface area contributed by atoms with E-state index in [9.17, 15) is 9.59 Å². The zero-order chi connectivity index (χ0) is 27.6. The van der Waals surface area contributed by atoms with E-state index in [1.165, 1.54) is 16.6 Å². The highest BCUT2D eigenvalue weighted by molar-refractivity contribution is 7.99. The zero-order valence-corrected chi connectivity index (χ0v) is 24.2. The van der Waals surface area contributed by atoms with Crippen molar-refractivity contribution in [2.75, 3.05) is 11.1 Å². The summed E-state index contributed by atoms with van der Waals surface area (Å²) < 4.78 is 7.61. The molecular formula is C31H26ClN3O3S2. The van der Waals surface area contributed by atoms with Gasteiger partial charge in [0.15, 0.2) is 10.9 Å². The highest BCUT2D eigenvalue weighted by atomic mass is 35.5. The van der Waals surface area contributed by atoms with E-state index in [1.807, 2.05) is 67.6 Å². The summed E-state index contributed by atoms with van der Waals surface area (Å²) in [5.41, 5.74) is 3.04. The Morgan fingerprint density at radius 3 is 2.67 bits per heavy atom. The van der Waals surface area contributed by atoms with E-state index in [0.29, 0.717) is 38.4 Å². The quantitative estimate of drug-likeness (QED) is 0.155. The van der Waals surface area contributed by atoms with Gasteiger partial charge in [0.25, 0.3) is 5.56 Å². The molecule has 2 aromatic heterocycles. The number of nitrogens with one attached hydrogen (secondary N) is 1. The number of amides is 1. The van der Waals surface area contributed by atoms with Crippen molar-refractivity contribution in [3.8, 4) is 17.2 Å². The van der Waals surface area contributed by atoms with Crippen molar-refractivity contribution in [3.05, 3.63) is 104 Å². The molecule has 0 atom stereocenters. The average Bonchev–Trinajstić information content (AvgIpc) is 3.34. The number of rotatable bonds is 7. The second kappa shape index (κ2) is 11.5. The number of ether oxygens (including phenoxy) is 1. The highest BCUT2D eigenvalue weighted by Gasteiger charge is 2.24. The first-order valence-corrected chi connectivity index (χ1v) is 15.2. The molecule has 6 nitrogen and oxygen atoms in total. The minimum Gasteiger partial charge on any atom is -0.455 e. The van der Waals surface area contributed by atoms with E-state index < -0.39 is 0 Å². The van der Waals surface area contributed by atoms with Gasteiger partial charge in [0.05, 0.1) is 22.5 Å². The molecule has 0 saturated heterocycles. The molecule has 1 aliphatic carbocycles. The van der Waals surface area contributed by atoms with Crippen molar-refractivity contribution >= 4 is 56.5 Å². The summed E-state index contributed by atoms with van der Waals surface area (Å²) in [5.74, 6) is 1.05. The van der Waals surface area contributed by atoms with Crippen LogP contribution in [0.3, 0.4) is 0 Å². The van der Waals surface area contributed by atoms with Gasteiger partial charge in [-0.05, 0) is 80.1 Å². The van der Waals surface area contributed by atoms with Crippen molar-refractivity contribution in [2.24, 2.45) is 0 Å². The number of aryl methyl sites for hydroxylation is 2. The van der Waals surface area contributed by atoms with Crippen molar-refractivity contribution < 1.29 is 9.53 Å². The summed E-state index contributed by atoms with van der Waals surface area (Å²) in [4.78, 5) is 34.1. The summed E-state index contributed by atoms with van der Waals surface area (Å²) in [5, 5.41) is 4.68. The molecule has 202 valence electrons. The molecule has 0 bridgehead atoms. The number of hydrogen-bond acceptors (Lipinski definition) is 6. The lowest BCUT2D eigenvalue weighted by Crippen LogP contribution is -2.24. The van der Waals surface area contributed by atoms with E-state index in [1.54, 1.807) is 28.0 Å². The smallest absolute Gasteiger partial charge is 0.267 e. The molecule has 6 rings (SSSR count). The Morgan fingerprint density at radius 1 is 1.05 bits per heavy atom. The normalized spacial score (nSPS) is 12.8. The fourth-order valence-electron chi connectivity index (χ4n) is 4.92. The molecule has 1 aliphatic rings. The lowest BCUT2D eigenvalue weighted by atomic mass is 9.97. The van der Waals surface area contributed by atoms with Gasteiger partial charge >= 0.3 is 0 Å². The first-order valence-electron chi connectivity index (χ1n) is 13.1. The third-order valence-electron chi connectivity index (χ3n) is 6.90. The Kier molecular flexibility index (Phi) is 7.65. The highest BCUT2D eigenvalue weighted by Crippen LogP contribution is 2.36. The van der Waals surface area contributed by atoms with E-state index in [0.717, 1.165) is 41.6 Å². The Balaban J connectivity index is 1.32. The molecule has 0 spiro atoms. The van der Waals surface area contributed by atoms with Crippen molar-refractivity contribution in [2.45, 2.75) is 37.8 Å². The minimum atomic E-state index is -0.233. The molecule has 40 heavy (non-hydrogen) atoms. The fourth-order valence-corrected chi connectivity index (χ4v) is 7.20. The van der Waals surface area contributed by atoms with Gasteiger partial charge in [0, 0.05) is 9.90 Å². The monoisotopic (exact) mass is 587 g/mol. The Bertz CT molecular complexity index is 1780. The van der Waals surface area contributed by atoms with E-state index in [2.05, 4.69) is 5.32 Å². The first-order chi connectivity index (χ1) is 19.5. The minimum absolute atomic E-state index is 0.0579. The van der Waals surface area contributed by atoms with Crippen LogP contribution in [0.4, 0.5) is 5.69 Å². The number of carbonyl (C=O) groups excluding carboxylic acids is 1. The molecule has 0 fully saturated rings. The van der Waals surface area contributed by atoms with E-state index >= 15 is 0 Å². The Labute approximate surface area is 245 Å². The van der Waals surface area contributed by atoms with Gasteiger partial charge in [-0.1, -0.05) is 59.8 Å². The van der Waals surface area contributed by atoms with Crippen LogP contribution in [0.15, 0.2) is 82.7 Å². The molecule has 9 heteroatoms. The molecule has 0 saturated carbocycles. The SMILES string of the molecule is Cc1c(Cl)cccc1-n1c(SCC(=O)Nc2ccccc2Oc2ccccc2)nc2sc3c(c2c1=O)CCCC3. The van der Waals surface area contributed by atoms with E-state index in [-0.39, 0.29) is 17.2 Å². The van der Waals surface area contributed by atoms with Crippen LogP contribution in [-0.2, 0) is 17.6 Å². The Hall–Kier alpha value is -3.59. The van der Waals surface area contributed by atoms with Gasteiger partial charge in [-0.3, -0.25) is 14.2 Å². The number of aromatic nitrogens is 2. The standard InChI is InChI=1S/C31H26ClN3O3S2/c1-19-22(32)13-9-15-24(19)35-30(37)28-21-12-5-8-17-26(21)40-29(28)34-31(35)39-18-27(36)33-23-14-6-7-16-25(23)38-20-10-3-2-4-11-20/h2-4,6-7,9-11,13-16H,5,8,12,17-18H2,1H3,(H,33,36). The molecule has 0 radical (unpaired) electrons. The summed E-state index contributed by atoms with van der Waals surface area (Å²) in [6.45, 7) is 1.89. The Morgan fingerprint density at radius 2 is 1.82 bits per heavy atom. The van der Waals surface area contributed by atoms with Crippen LogP contribution in [0.2, 0.25) is 5.02 Å². The third-order valence-corrected chi connectivity index (χ3v) is 9.44. The number of carbonyl (C=O) groups is 1. The summed E-state index contributed by atoms with van der Waals surface area (Å²) >= 11 is 9.28. The van der Waals surface area contributed by atoms with Gasteiger partial charge in [-0.2, -0.15) is 0 Å². The maximum absolute atomic E-state index is 14.1. The number of para-hydroxylation sites is 3. The molecule has 2 heterocycles. The average molecular weight is 588 g/mol. The van der Waals surface area contributed by atoms with Crippen LogP contribution < -0.4 is 15.6 Å². The van der Waals surface area contributed by atoms with Crippen LogP contribution in [-0.4, -0.2) is 21.2 Å². The number of fused-ring (bicyclic) bond motifs is 3. The van der Waals surface area contributed by atoms with Gasteiger partial charge in [0.2, 0.25) is 5.91 Å². The second-order valence-corrected chi connectivity index (χ2v) is 12.0. The van der Waals surface area contributed by atoms with Crippen LogP contribution >= 0.6 is 34.7 Å². The van der Waals surface area contributed by atoms with Gasteiger partial charge in [-0.15, -0.1) is 11.3 Å². The van der Waals surface area contributed by atoms with Crippen LogP contribution in [0.1, 0.15) is 28.8 Å². The van der Waals surface area contributed by atoms with Crippen LogP contribution in [0.5, 0.6) is 11.5 Å². The van der Waals surface area contributed by atoms with Crippen molar-refractivity contribution in [3.63, 3.8) is 0 Å². The lowest BCUT2D eigenvalue weighted by molar-refractivity contribution is -0.113. The number of nitrogens with zero attached hydrogens (tertiary/aromatic N) is 2. The molecule has 1 amide bonds. The first kappa shape index (κ1) is 26.6. The summed E-state index contributed by atoms with van der Waals surface area (Å²) in [7, 11) is 0. The molecule has 0 unspecified atom stereocenters. The summed E-state index contributed by atoms with van der Waals surface area (Å²) in [6.07, 6.45) is 4.06. The second-order valence-electron chi connectivity index (χ2n) is 9.56. The topological polar surface area (TPSA) is 73.2 Å². The molecule has 1 N–H and O–H groups in total. The van der Waals surface area contributed by atoms with Crippen molar-refractivity contribution in [1.82, 2.24) is 9.55 Å². The number of benzene rings is 3. The van der Waals surface area contributed by atoms with Gasteiger partial charge in [0.1, 0.15) is 10.6 Å². The third kappa shape index (κ3) is 5.27. The number of thiophene rings is 1. The van der Waals surface area contributed by atoms with Gasteiger partial charge in [-0.25, -0.2) is 4.98 Å². The maximum atomic E-state index is 14.1. The van der Waals surface area contributed by atoms with Gasteiger partial charge < -0.3 is 10.1 Å². The largest absolute Gasteiger partial charge is 0.455 e. The van der Waals surface area contributed by atoms with Crippen LogP contribution in [0, 0.1) is 6.92 Å². The number of thioether (sulfide) groups is 1. The summed E-state index contributed by atoms with van der Waals surface area (Å²) in [6, 6.07) is 22.2. The molecular weight excluding hydrogens is 562 g/mol. The predicted molar refractivity (Wildman–Crippen MR) is 164 cm³/mol. The fraction of sp³-hybridized carbons (Fsp3) is 0.194. The predicted octanol–water partition coefficient (Wildman–Crippen LogP) is 7.81. The van der Waals surface area contributed by atoms with E-state index in [4.69, 9.17) is 21.3 Å². The van der Waals surface area contributed by atoms with Crippen LogP contribution in [0.25, 0.3) is 15.9 Å².